The van der Waals surface area contributed by atoms with E-state index in [1.807, 2.05) is 26.1 Å². The van der Waals surface area contributed by atoms with E-state index in [1.54, 1.807) is 34.8 Å². The van der Waals surface area contributed by atoms with E-state index in [4.69, 9.17) is 0 Å². The fourth-order valence-electron chi connectivity index (χ4n) is 5.90. The first-order valence-electron chi connectivity index (χ1n) is 13.1. The SMILES string of the molecule is Cc1cc2c(N3CCCc4cc(-c5cnn(C)c5)c(C(F)F)cc43)cc(N3CCNCC3)cc2n(C)c1=O. The highest BCUT2D eigenvalue weighted by Crippen LogP contribution is 2.44. The van der Waals surface area contributed by atoms with Gasteiger partial charge < -0.3 is 19.7 Å². The van der Waals surface area contributed by atoms with E-state index in [-0.39, 0.29) is 11.1 Å². The smallest absolute Gasteiger partial charge is 0.264 e. The summed E-state index contributed by atoms with van der Waals surface area (Å²) in [6.07, 6.45) is 2.52. The van der Waals surface area contributed by atoms with Crippen molar-refractivity contribution in [2.45, 2.75) is 26.2 Å². The number of fused-ring (bicyclic) bond motifs is 2. The van der Waals surface area contributed by atoms with Gasteiger partial charge in [0.15, 0.2) is 0 Å². The zero-order chi connectivity index (χ0) is 26.6. The second-order valence-electron chi connectivity index (χ2n) is 10.4. The highest BCUT2D eigenvalue weighted by Gasteiger charge is 2.27. The van der Waals surface area contributed by atoms with Gasteiger partial charge in [0.05, 0.1) is 17.4 Å². The molecule has 0 aliphatic carbocycles. The summed E-state index contributed by atoms with van der Waals surface area (Å²) in [7, 11) is 3.60. The summed E-state index contributed by atoms with van der Waals surface area (Å²) in [4.78, 5) is 17.4. The number of piperazine rings is 1. The minimum absolute atomic E-state index is 0.00907. The molecular formula is C29H32F2N6O. The molecule has 0 radical (unpaired) electrons. The molecule has 2 aliphatic heterocycles. The number of pyridine rings is 1. The molecule has 2 aromatic carbocycles. The molecule has 1 saturated heterocycles. The molecule has 0 amide bonds. The quantitative estimate of drug-likeness (QED) is 0.425. The summed E-state index contributed by atoms with van der Waals surface area (Å²) in [6.45, 7) is 6.05. The lowest BCUT2D eigenvalue weighted by Crippen LogP contribution is -2.43. The molecule has 198 valence electrons. The molecule has 4 aromatic rings. The maximum Gasteiger partial charge on any atom is 0.264 e. The number of nitrogens with zero attached hydrogens (tertiary/aromatic N) is 5. The molecule has 1 N–H and O–H groups in total. The molecule has 0 spiro atoms. The van der Waals surface area contributed by atoms with Crippen molar-refractivity contribution in [3.05, 3.63) is 69.8 Å². The van der Waals surface area contributed by atoms with E-state index in [0.717, 1.165) is 72.5 Å². The zero-order valence-electron chi connectivity index (χ0n) is 22.0. The van der Waals surface area contributed by atoms with Gasteiger partial charge in [-0.1, -0.05) is 0 Å². The van der Waals surface area contributed by atoms with Crippen LogP contribution in [0, 0.1) is 6.92 Å². The molecule has 0 atom stereocenters. The first kappa shape index (κ1) is 24.6. The molecule has 7 nitrogen and oxygen atoms in total. The third-order valence-corrected chi connectivity index (χ3v) is 7.88. The Labute approximate surface area is 220 Å². The molecular weight excluding hydrogens is 486 g/mol. The lowest BCUT2D eigenvalue weighted by molar-refractivity contribution is 0.152. The number of rotatable bonds is 4. The first-order valence-corrected chi connectivity index (χ1v) is 13.1. The van der Waals surface area contributed by atoms with Crippen molar-refractivity contribution in [3.63, 3.8) is 0 Å². The summed E-state index contributed by atoms with van der Waals surface area (Å²) < 4.78 is 32.2. The Bertz CT molecular complexity index is 1580. The fourth-order valence-corrected chi connectivity index (χ4v) is 5.90. The Morgan fingerprint density at radius 1 is 1.00 bits per heavy atom. The fraction of sp³-hybridized carbons (Fsp3) is 0.379. The standard InChI is InChI=1S/C29H32F2N6O/c1-18-11-24-26(35(3)29(18)38)13-21(36-9-6-32-7-10-36)14-27(24)37-8-4-5-19-12-22(20-16-33-34(2)17-20)23(28(30)31)15-25(19)37/h11-17,28,32H,4-10H2,1-3H3. The molecule has 2 aliphatic rings. The minimum atomic E-state index is -2.62. The number of aromatic nitrogens is 3. The summed E-state index contributed by atoms with van der Waals surface area (Å²) in [5.74, 6) is 0. The maximum atomic E-state index is 14.4. The normalized spacial score (nSPS) is 15.9. The molecule has 2 aromatic heterocycles. The lowest BCUT2D eigenvalue weighted by atomic mass is 9.92. The largest absolute Gasteiger partial charge is 0.369 e. The van der Waals surface area contributed by atoms with Gasteiger partial charge in [0.25, 0.3) is 12.0 Å². The number of benzene rings is 2. The van der Waals surface area contributed by atoms with Crippen molar-refractivity contribution in [1.29, 1.82) is 0 Å². The number of hydrogen-bond donors (Lipinski definition) is 1. The molecule has 6 rings (SSSR count). The van der Waals surface area contributed by atoms with Crippen molar-refractivity contribution in [2.75, 3.05) is 42.5 Å². The van der Waals surface area contributed by atoms with Crippen LogP contribution in [0.25, 0.3) is 22.0 Å². The third kappa shape index (κ3) is 4.15. The van der Waals surface area contributed by atoms with E-state index in [1.165, 1.54) is 0 Å². The summed E-state index contributed by atoms with van der Waals surface area (Å²) >= 11 is 0. The van der Waals surface area contributed by atoms with Crippen LogP contribution in [-0.4, -0.2) is 47.1 Å². The summed E-state index contributed by atoms with van der Waals surface area (Å²) in [6, 6.07) is 9.79. The number of halogens is 2. The number of anilines is 3. The van der Waals surface area contributed by atoms with Crippen molar-refractivity contribution in [3.8, 4) is 11.1 Å². The van der Waals surface area contributed by atoms with Crippen molar-refractivity contribution in [2.24, 2.45) is 14.1 Å². The predicted octanol–water partition coefficient (Wildman–Crippen LogP) is 4.68. The van der Waals surface area contributed by atoms with Crippen LogP contribution < -0.4 is 20.7 Å². The predicted molar refractivity (Wildman–Crippen MR) is 148 cm³/mol. The van der Waals surface area contributed by atoms with Crippen molar-refractivity contribution >= 4 is 28.0 Å². The Morgan fingerprint density at radius 3 is 2.50 bits per heavy atom. The Morgan fingerprint density at radius 2 is 1.79 bits per heavy atom. The molecule has 0 unspecified atom stereocenters. The van der Waals surface area contributed by atoms with Gasteiger partial charge in [-0.05, 0) is 61.2 Å². The van der Waals surface area contributed by atoms with Crippen LogP contribution >= 0.6 is 0 Å². The van der Waals surface area contributed by atoms with Crippen LogP contribution in [-0.2, 0) is 20.5 Å². The van der Waals surface area contributed by atoms with E-state index in [0.29, 0.717) is 23.2 Å². The number of hydrogen-bond acceptors (Lipinski definition) is 5. The zero-order valence-corrected chi connectivity index (χ0v) is 22.0. The van der Waals surface area contributed by atoms with Crippen LogP contribution in [0.15, 0.2) is 47.5 Å². The van der Waals surface area contributed by atoms with Crippen LogP contribution in [0.5, 0.6) is 0 Å². The number of aryl methyl sites for hydroxylation is 4. The average Bonchev–Trinajstić information content (AvgIpc) is 3.37. The number of nitrogens with one attached hydrogen (secondary N) is 1. The topological polar surface area (TPSA) is 58.3 Å². The van der Waals surface area contributed by atoms with Gasteiger partial charge in [-0.2, -0.15) is 5.10 Å². The Balaban J connectivity index is 1.57. The van der Waals surface area contributed by atoms with Gasteiger partial charge in [0.2, 0.25) is 0 Å². The highest BCUT2D eigenvalue weighted by molar-refractivity contribution is 5.98. The third-order valence-electron chi connectivity index (χ3n) is 7.88. The lowest BCUT2D eigenvalue weighted by Gasteiger charge is -2.35. The van der Waals surface area contributed by atoms with Crippen LogP contribution in [0.4, 0.5) is 25.8 Å². The van der Waals surface area contributed by atoms with Crippen LogP contribution in [0.3, 0.4) is 0 Å². The minimum Gasteiger partial charge on any atom is -0.369 e. The second kappa shape index (κ2) is 9.54. The highest BCUT2D eigenvalue weighted by atomic mass is 19.3. The first-order chi connectivity index (χ1) is 18.3. The molecule has 1 fully saturated rings. The molecule has 9 heteroatoms. The van der Waals surface area contributed by atoms with E-state index in [2.05, 4.69) is 32.3 Å². The van der Waals surface area contributed by atoms with E-state index >= 15 is 0 Å². The van der Waals surface area contributed by atoms with Crippen molar-refractivity contribution in [1.82, 2.24) is 19.7 Å². The Hall–Kier alpha value is -3.72. The van der Waals surface area contributed by atoms with Gasteiger partial charge in [-0.15, -0.1) is 0 Å². The second-order valence-corrected chi connectivity index (χ2v) is 10.4. The van der Waals surface area contributed by atoms with Crippen LogP contribution in [0.1, 0.15) is 29.5 Å². The van der Waals surface area contributed by atoms with Gasteiger partial charge in [0.1, 0.15) is 0 Å². The Kier molecular flexibility index (Phi) is 6.18. The van der Waals surface area contributed by atoms with Gasteiger partial charge >= 0.3 is 0 Å². The molecule has 4 heterocycles. The molecule has 0 saturated carbocycles. The number of alkyl halides is 2. The van der Waals surface area contributed by atoms with Gasteiger partial charge in [0, 0.05) is 86.5 Å². The van der Waals surface area contributed by atoms with Crippen LogP contribution in [0.2, 0.25) is 0 Å². The molecule has 0 bridgehead atoms. The maximum absolute atomic E-state index is 14.4. The van der Waals surface area contributed by atoms with Gasteiger partial charge in [-0.3, -0.25) is 9.48 Å². The van der Waals surface area contributed by atoms with Gasteiger partial charge in [-0.25, -0.2) is 8.78 Å². The molecule has 38 heavy (non-hydrogen) atoms. The average molecular weight is 519 g/mol. The summed E-state index contributed by atoms with van der Waals surface area (Å²) in [5.41, 5.74) is 6.56. The van der Waals surface area contributed by atoms with Crippen molar-refractivity contribution < 1.29 is 8.78 Å². The summed E-state index contributed by atoms with van der Waals surface area (Å²) in [5, 5.41) is 8.55. The monoisotopic (exact) mass is 518 g/mol. The van der Waals surface area contributed by atoms with E-state index in [9.17, 15) is 13.6 Å². The van der Waals surface area contributed by atoms with E-state index < -0.39 is 6.43 Å².